The second kappa shape index (κ2) is 6.71. The monoisotopic (exact) mass is 290 g/mol. The van der Waals surface area contributed by atoms with Crippen molar-refractivity contribution in [1.82, 2.24) is 0 Å². The van der Waals surface area contributed by atoms with Gasteiger partial charge in [-0.1, -0.05) is 98.9 Å². The topological polar surface area (TPSA) is 0 Å². The van der Waals surface area contributed by atoms with Crippen molar-refractivity contribution in [2.45, 2.75) is 58.9 Å². The molecule has 19 heavy (non-hydrogen) atoms. The van der Waals surface area contributed by atoms with Crippen molar-refractivity contribution < 1.29 is 0 Å². The van der Waals surface area contributed by atoms with Gasteiger partial charge in [-0.25, -0.2) is 0 Å². The Morgan fingerprint density at radius 3 is 2.05 bits per heavy atom. The predicted molar refractivity (Wildman–Crippen MR) is 94.5 cm³/mol. The first kappa shape index (κ1) is 16.4. The first-order valence-electron chi connectivity index (χ1n) is 7.55. The van der Waals surface area contributed by atoms with Crippen LogP contribution in [0.2, 0.25) is 32.7 Å². The summed E-state index contributed by atoms with van der Waals surface area (Å²) in [4.78, 5) is 0. The lowest BCUT2D eigenvalue weighted by Gasteiger charge is -2.29. The number of hydrogen-bond donors (Lipinski definition) is 0. The Hall–Kier alpha value is -0.606. The van der Waals surface area contributed by atoms with Crippen LogP contribution in [0, 0.1) is 0 Å². The Balaban J connectivity index is 3.13. The SMILES string of the molecule is CCCC/C(=C\[Si](C)(C)C)[Si](C)(C)c1ccccc1. The van der Waals surface area contributed by atoms with Crippen molar-refractivity contribution in [3.63, 3.8) is 0 Å². The van der Waals surface area contributed by atoms with Crippen molar-refractivity contribution in [3.05, 3.63) is 41.2 Å². The summed E-state index contributed by atoms with van der Waals surface area (Å²) in [6.45, 7) is 14.7. The number of benzene rings is 1. The van der Waals surface area contributed by atoms with E-state index in [1.165, 1.54) is 19.3 Å². The summed E-state index contributed by atoms with van der Waals surface area (Å²) in [6.07, 6.45) is 3.93. The molecular weight excluding hydrogens is 260 g/mol. The molecule has 0 N–H and O–H groups in total. The number of unbranched alkanes of at least 4 members (excludes halogenated alkanes) is 1. The fraction of sp³-hybridized carbons (Fsp3) is 0.529. The summed E-state index contributed by atoms with van der Waals surface area (Å²) in [6, 6.07) is 11.2. The Morgan fingerprint density at radius 1 is 1.00 bits per heavy atom. The van der Waals surface area contributed by atoms with E-state index in [4.69, 9.17) is 0 Å². The van der Waals surface area contributed by atoms with Crippen LogP contribution in [0.1, 0.15) is 26.2 Å². The van der Waals surface area contributed by atoms with Crippen molar-refractivity contribution in [3.8, 4) is 0 Å². The molecule has 0 fully saturated rings. The minimum absolute atomic E-state index is 1.14. The molecule has 0 aliphatic carbocycles. The quantitative estimate of drug-likeness (QED) is 0.637. The van der Waals surface area contributed by atoms with E-state index in [9.17, 15) is 0 Å². The van der Waals surface area contributed by atoms with Crippen molar-refractivity contribution in [2.75, 3.05) is 0 Å². The van der Waals surface area contributed by atoms with Crippen LogP contribution >= 0.6 is 0 Å². The van der Waals surface area contributed by atoms with Crippen LogP contribution in [0.25, 0.3) is 0 Å². The van der Waals surface area contributed by atoms with Gasteiger partial charge < -0.3 is 0 Å². The lowest BCUT2D eigenvalue weighted by Crippen LogP contribution is -2.44. The van der Waals surface area contributed by atoms with Gasteiger partial charge in [-0.2, -0.15) is 0 Å². The van der Waals surface area contributed by atoms with Crippen LogP contribution in [0.5, 0.6) is 0 Å². The maximum atomic E-state index is 2.68. The third kappa shape index (κ3) is 5.11. The molecule has 0 aliphatic heterocycles. The first-order valence-corrected chi connectivity index (χ1v) is 14.1. The largest absolute Gasteiger partial charge is 0.106 e. The molecule has 0 spiro atoms. The van der Waals surface area contributed by atoms with Crippen LogP contribution < -0.4 is 5.19 Å². The zero-order valence-electron chi connectivity index (χ0n) is 13.6. The molecule has 0 unspecified atom stereocenters. The third-order valence-electron chi connectivity index (χ3n) is 3.71. The lowest BCUT2D eigenvalue weighted by molar-refractivity contribution is 0.804. The second-order valence-electron chi connectivity index (χ2n) is 7.13. The van der Waals surface area contributed by atoms with Gasteiger partial charge in [-0.05, 0) is 6.42 Å². The Labute approximate surface area is 122 Å². The van der Waals surface area contributed by atoms with E-state index < -0.39 is 16.1 Å². The number of rotatable bonds is 6. The predicted octanol–water partition coefficient (Wildman–Crippen LogP) is 5.14. The third-order valence-corrected chi connectivity index (χ3v) is 8.98. The Morgan fingerprint density at radius 2 is 1.58 bits per heavy atom. The fourth-order valence-corrected chi connectivity index (χ4v) is 8.63. The van der Waals surface area contributed by atoms with Gasteiger partial charge >= 0.3 is 0 Å². The normalized spacial score (nSPS) is 13.7. The summed E-state index contributed by atoms with van der Waals surface area (Å²) in [7, 11) is -2.60. The average molecular weight is 291 g/mol. The summed E-state index contributed by atoms with van der Waals surface area (Å²) < 4.78 is 0. The molecular formula is C17H30Si2. The molecule has 1 aromatic rings. The van der Waals surface area contributed by atoms with Gasteiger partial charge in [0.2, 0.25) is 0 Å². The van der Waals surface area contributed by atoms with Gasteiger partial charge in [0, 0.05) is 0 Å². The molecule has 0 saturated carbocycles. The molecule has 0 aliphatic rings. The molecule has 0 bridgehead atoms. The smallest absolute Gasteiger partial charge is 0.0992 e. The number of allylic oxidation sites excluding steroid dienone is 1. The van der Waals surface area contributed by atoms with Gasteiger partial charge in [0.25, 0.3) is 0 Å². The highest BCUT2D eigenvalue weighted by molar-refractivity contribution is 6.97. The van der Waals surface area contributed by atoms with E-state index in [1.54, 1.807) is 10.4 Å². The molecule has 1 aromatic carbocycles. The van der Waals surface area contributed by atoms with Crippen LogP contribution in [0.15, 0.2) is 41.2 Å². The summed E-state index contributed by atoms with van der Waals surface area (Å²) in [5, 5.41) is 3.36. The lowest BCUT2D eigenvalue weighted by atomic mass is 10.2. The summed E-state index contributed by atoms with van der Waals surface area (Å²) in [5.41, 5.74) is 2.68. The standard InChI is InChI=1S/C17H30Si2/c1-7-8-12-17(15-18(2,3)4)19(5,6)16-13-10-9-11-14-16/h9-11,13-15H,7-8,12H2,1-6H3/b17-15+. The number of hydrogen-bond acceptors (Lipinski definition) is 0. The second-order valence-corrected chi connectivity index (χ2v) is 16.6. The van der Waals surface area contributed by atoms with Crippen molar-refractivity contribution >= 4 is 21.3 Å². The van der Waals surface area contributed by atoms with Gasteiger partial charge in [0.05, 0.1) is 8.07 Å². The van der Waals surface area contributed by atoms with Crippen molar-refractivity contribution in [2.24, 2.45) is 0 Å². The first-order chi connectivity index (χ1) is 8.77. The Bertz CT molecular complexity index is 411. The summed E-state index contributed by atoms with van der Waals surface area (Å²) in [5.74, 6) is 0. The molecule has 0 saturated heterocycles. The molecule has 0 heterocycles. The van der Waals surface area contributed by atoms with Gasteiger partial charge in [-0.3, -0.25) is 0 Å². The Kier molecular flexibility index (Phi) is 5.81. The molecule has 2 heteroatoms. The maximum absolute atomic E-state index is 2.68. The van der Waals surface area contributed by atoms with Crippen molar-refractivity contribution in [1.29, 1.82) is 0 Å². The van der Waals surface area contributed by atoms with E-state index in [1.807, 2.05) is 0 Å². The minimum Gasteiger partial charge on any atom is -0.0992 e. The molecule has 1 rings (SSSR count). The maximum Gasteiger partial charge on any atom is 0.106 e. The van der Waals surface area contributed by atoms with Gasteiger partial charge in [0.15, 0.2) is 0 Å². The van der Waals surface area contributed by atoms with E-state index in [0.29, 0.717) is 0 Å². The van der Waals surface area contributed by atoms with Gasteiger partial charge in [-0.15, -0.1) is 0 Å². The highest BCUT2D eigenvalue weighted by Gasteiger charge is 2.29. The van der Waals surface area contributed by atoms with E-state index >= 15 is 0 Å². The zero-order valence-corrected chi connectivity index (χ0v) is 15.6. The molecule has 0 atom stereocenters. The van der Waals surface area contributed by atoms with Crippen LogP contribution in [-0.4, -0.2) is 16.1 Å². The molecule has 106 valence electrons. The average Bonchev–Trinajstić information content (AvgIpc) is 2.34. The molecule has 0 amide bonds. The van der Waals surface area contributed by atoms with E-state index in [2.05, 4.69) is 75.7 Å². The van der Waals surface area contributed by atoms with E-state index in [-0.39, 0.29) is 0 Å². The minimum atomic E-state index is -1.46. The molecule has 0 radical (unpaired) electrons. The molecule has 0 aromatic heterocycles. The van der Waals surface area contributed by atoms with Crippen LogP contribution in [-0.2, 0) is 0 Å². The van der Waals surface area contributed by atoms with Crippen LogP contribution in [0.3, 0.4) is 0 Å². The van der Waals surface area contributed by atoms with Crippen LogP contribution in [0.4, 0.5) is 0 Å². The highest BCUT2D eigenvalue weighted by atomic mass is 28.3. The fourth-order valence-electron chi connectivity index (χ4n) is 2.50. The van der Waals surface area contributed by atoms with E-state index in [0.717, 1.165) is 0 Å². The van der Waals surface area contributed by atoms with Gasteiger partial charge in [0.1, 0.15) is 8.07 Å². The molecule has 0 nitrogen and oxygen atoms in total. The highest BCUT2D eigenvalue weighted by Crippen LogP contribution is 2.23. The summed E-state index contributed by atoms with van der Waals surface area (Å²) >= 11 is 0. The zero-order chi connectivity index (χ0) is 14.5.